The summed E-state index contributed by atoms with van der Waals surface area (Å²) in [6.45, 7) is 1.71. The number of amides is 1. The third-order valence-electron chi connectivity index (χ3n) is 4.30. The lowest BCUT2D eigenvalue weighted by Crippen LogP contribution is -2.32. The number of benzene rings is 2. The van der Waals surface area contributed by atoms with E-state index in [0.29, 0.717) is 17.1 Å². The second kappa shape index (κ2) is 11.5. The number of rotatable bonds is 10. The van der Waals surface area contributed by atoms with Gasteiger partial charge in [-0.05, 0) is 36.3 Å². The van der Waals surface area contributed by atoms with Crippen molar-refractivity contribution in [3.8, 4) is 11.5 Å². The Balaban J connectivity index is 1.91. The predicted octanol–water partition coefficient (Wildman–Crippen LogP) is 3.92. The second-order valence-electron chi connectivity index (χ2n) is 6.37. The van der Waals surface area contributed by atoms with Crippen LogP contribution in [0.15, 0.2) is 54.6 Å². The van der Waals surface area contributed by atoms with Crippen LogP contribution in [0, 0.1) is 0 Å². The van der Waals surface area contributed by atoms with Gasteiger partial charge in [0.15, 0.2) is 6.61 Å². The zero-order valence-corrected chi connectivity index (χ0v) is 17.0. The largest absolute Gasteiger partial charge is 0.497 e. The Labute approximate surface area is 171 Å². The Morgan fingerprint density at radius 2 is 1.83 bits per heavy atom. The fourth-order valence-electron chi connectivity index (χ4n) is 2.84. The van der Waals surface area contributed by atoms with Crippen LogP contribution in [0.25, 0.3) is 6.08 Å². The van der Waals surface area contributed by atoms with Crippen LogP contribution in [0.4, 0.5) is 0 Å². The molecule has 0 aromatic heterocycles. The molecular weight excluding hydrogens is 370 g/mol. The molecule has 1 amide bonds. The van der Waals surface area contributed by atoms with Gasteiger partial charge < -0.3 is 19.5 Å². The SMILES string of the molecule is CCCC(NC(=O)COC(=O)/C=C/c1cc(OC)ccc1OC)c1ccccc1. The predicted molar refractivity (Wildman–Crippen MR) is 112 cm³/mol. The van der Waals surface area contributed by atoms with Crippen molar-refractivity contribution >= 4 is 18.0 Å². The van der Waals surface area contributed by atoms with Gasteiger partial charge >= 0.3 is 5.97 Å². The summed E-state index contributed by atoms with van der Waals surface area (Å²) in [5, 5.41) is 2.92. The van der Waals surface area contributed by atoms with Gasteiger partial charge in [0, 0.05) is 11.6 Å². The molecule has 0 spiro atoms. The first-order valence-corrected chi connectivity index (χ1v) is 9.48. The molecule has 2 aromatic rings. The highest BCUT2D eigenvalue weighted by atomic mass is 16.5. The minimum Gasteiger partial charge on any atom is -0.497 e. The molecule has 2 rings (SSSR count). The monoisotopic (exact) mass is 397 g/mol. The summed E-state index contributed by atoms with van der Waals surface area (Å²) in [6.07, 6.45) is 4.54. The average molecular weight is 397 g/mol. The van der Waals surface area contributed by atoms with Gasteiger partial charge in [-0.1, -0.05) is 43.7 Å². The fraction of sp³-hybridized carbons (Fsp3) is 0.304. The molecule has 0 saturated heterocycles. The number of methoxy groups -OCH3 is 2. The lowest BCUT2D eigenvalue weighted by molar-refractivity contribution is -0.144. The summed E-state index contributed by atoms with van der Waals surface area (Å²) in [5.74, 6) is 0.281. The van der Waals surface area contributed by atoms with E-state index in [1.807, 2.05) is 30.3 Å². The molecule has 6 heteroatoms. The van der Waals surface area contributed by atoms with Crippen molar-refractivity contribution in [3.05, 3.63) is 65.7 Å². The van der Waals surface area contributed by atoms with Crippen LogP contribution in [0.5, 0.6) is 11.5 Å². The van der Waals surface area contributed by atoms with Crippen LogP contribution < -0.4 is 14.8 Å². The molecular formula is C23H27NO5. The van der Waals surface area contributed by atoms with Crippen LogP contribution in [0.1, 0.15) is 36.9 Å². The van der Waals surface area contributed by atoms with Gasteiger partial charge in [0.1, 0.15) is 11.5 Å². The number of hydrogen-bond acceptors (Lipinski definition) is 5. The maximum absolute atomic E-state index is 12.2. The first-order chi connectivity index (χ1) is 14.1. The van der Waals surface area contributed by atoms with Gasteiger partial charge in [0.2, 0.25) is 0 Å². The highest BCUT2D eigenvalue weighted by Gasteiger charge is 2.14. The summed E-state index contributed by atoms with van der Waals surface area (Å²) >= 11 is 0. The van der Waals surface area contributed by atoms with E-state index in [-0.39, 0.29) is 18.6 Å². The number of carbonyl (C=O) groups is 2. The van der Waals surface area contributed by atoms with Crippen LogP contribution in [0.3, 0.4) is 0 Å². The third kappa shape index (κ3) is 6.99. The van der Waals surface area contributed by atoms with Crippen LogP contribution in [0.2, 0.25) is 0 Å². The Morgan fingerprint density at radius 3 is 2.48 bits per heavy atom. The molecule has 0 radical (unpaired) electrons. The summed E-state index contributed by atoms with van der Waals surface area (Å²) in [7, 11) is 3.10. The van der Waals surface area contributed by atoms with E-state index in [4.69, 9.17) is 14.2 Å². The molecule has 154 valence electrons. The smallest absolute Gasteiger partial charge is 0.331 e. The van der Waals surface area contributed by atoms with Gasteiger partial charge in [-0.15, -0.1) is 0 Å². The zero-order chi connectivity index (χ0) is 21.1. The first-order valence-electron chi connectivity index (χ1n) is 9.48. The van der Waals surface area contributed by atoms with Crippen molar-refractivity contribution in [2.75, 3.05) is 20.8 Å². The van der Waals surface area contributed by atoms with E-state index < -0.39 is 5.97 Å². The van der Waals surface area contributed by atoms with E-state index in [2.05, 4.69) is 12.2 Å². The molecule has 0 saturated carbocycles. The molecule has 1 atom stereocenters. The molecule has 29 heavy (non-hydrogen) atoms. The van der Waals surface area contributed by atoms with Crippen molar-refractivity contribution in [3.63, 3.8) is 0 Å². The molecule has 0 aliphatic rings. The van der Waals surface area contributed by atoms with E-state index in [1.54, 1.807) is 38.5 Å². The van der Waals surface area contributed by atoms with Gasteiger partial charge in [-0.3, -0.25) is 4.79 Å². The number of hydrogen-bond donors (Lipinski definition) is 1. The van der Waals surface area contributed by atoms with Gasteiger partial charge in [-0.25, -0.2) is 4.79 Å². The Bertz CT molecular complexity index is 832. The molecule has 0 aliphatic heterocycles. The standard InChI is InChI=1S/C23H27NO5/c1-4-8-20(17-9-6-5-7-10-17)24-22(25)16-29-23(26)14-11-18-15-19(27-2)12-13-21(18)28-3/h5-7,9-15,20H,4,8,16H2,1-3H3,(H,24,25)/b14-11+. The average Bonchev–Trinajstić information content (AvgIpc) is 2.76. The molecule has 2 aromatic carbocycles. The topological polar surface area (TPSA) is 73.9 Å². The second-order valence-corrected chi connectivity index (χ2v) is 6.37. The van der Waals surface area contributed by atoms with Crippen molar-refractivity contribution in [1.29, 1.82) is 0 Å². The van der Waals surface area contributed by atoms with Crippen LogP contribution in [-0.2, 0) is 14.3 Å². The Morgan fingerprint density at radius 1 is 1.07 bits per heavy atom. The molecule has 0 aliphatic carbocycles. The molecule has 1 unspecified atom stereocenters. The van der Waals surface area contributed by atoms with E-state index >= 15 is 0 Å². The lowest BCUT2D eigenvalue weighted by Gasteiger charge is -2.18. The minimum atomic E-state index is -0.614. The number of ether oxygens (including phenoxy) is 3. The molecule has 0 fully saturated rings. The van der Waals surface area contributed by atoms with E-state index in [0.717, 1.165) is 18.4 Å². The summed E-state index contributed by atoms with van der Waals surface area (Å²) < 4.78 is 15.5. The summed E-state index contributed by atoms with van der Waals surface area (Å²) in [4.78, 5) is 24.2. The quantitative estimate of drug-likeness (QED) is 0.486. The highest BCUT2D eigenvalue weighted by Crippen LogP contribution is 2.25. The zero-order valence-electron chi connectivity index (χ0n) is 17.0. The molecule has 6 nitrogen and oxygen atoms in total. The molecule has 0 heterocycles. The lowest BCUT2D eigenvalue weighted by atomic mass is 10.0. The maximum atomic E-state index is 12.2. The maximum Gasteiger partial charge on any atom is 0.331 e. The Hall–Kier alpha value is -3.28. The number of esters is 1. The summed E-state index contributed by atoms with van der Waals surface area (Å²) in [6, 6.07) is 14.9. The third-order valence-corrected chi connectivity index (χ3v) is 4.30. The minimum absolute atomic E-state index is 0.107. The molecule has 1 N–H and O–H groups in total. The van der Waals surface area contributed by atoms with Crippen LogP contribution in [-0.4, -0.2) is 32.7 Å². The number of nitrogens with one attached hydrogen (secondary N) is 1. The molecule has 0 bridgehead atoms. The van der Waals surface area contributed by atoms with Crippen molar-refractivity contribution in [2.24, 2.45) is 0 Å². The van der Waals surface area contributed by atoms with Gasteiger partial charge in [-0.2, -0.15) is 0 Å². The van der Waals surface area contributed by atoms with Gasteiger partial charge in [0.05, 0.1) is 20.3 Å². The van der Waals surface area contributed by atoms with Gasteiger partial charge in [0.25, 0.3) is 5.91 Å². The number of carbonyl (C=O) groups excluding carboxylic acids is 2. The highest BCUT2D eigenvalue weighted by molar-refractivity contribution is 5.89. The van der Waals surface area contributed by atoms with E-state index in [1.165, 1.54) is 6.08 Å². The normalized spacial score (nSPS) is 11.7. The summed E-state index contributed by atoms with van der Waals surface area (Å²) in [5.41, 5.74) is 1.69. The van der Waals surface area contributed by atoms with Crippen molar-refractivity contribution in [2.45, 2.75) is 25.8 Å². The first kappa shape index (κ1) is 22.0. The Kier molecular flexibility index (Phi) is 8.76. The van der Waals surface area contributed by atoms with Crippen molar-refractivity contribution < 1.29 is 23.8 Å². The fourth-order valence-corrected chi connectivity index (χ4v) is 2.84. The van der Waals surface area contributed by atoms with Crippen molar-refractivity contribution in [1.82, 2.24) is 5.32 Å². The van der Waals surface area contributed by atoms with Crippen LogP contribution >= 0.6 is 0 Å². The van der Waals surface area contributed by atoms with E-state index in [9.17, 15) is 9.59 Å².